The Labute approximate surface area is 616 Å². The number of carbonyl (C=O) groups is 4. The fourth-order valence-corrected chi connectivity index (χ4v) is 15.1. The summed E-state index contributed by atoms with van der Waals surface area (Å²) in [6, 6.07) is 0. The van der Waals surface area contributed by atoms with Crippen LogP contribution in [0.1, 0.15) is 244 Å². The van der Waals surface area contributed by atoms with Crippen molar-refractivity contribution in [2.24, 2.45) is 0 Å². The molecule has 0 aromatic carbocycles. The quantitative estimate of drug-likeness (QED) is 0.00894. The number of nitrogens with zero attached hydrogens (tertiary/aromatic N) is 12. The molecule has 0 saturated carbocycles. The summed E-state index contributed by atoms with van der Waals surface area (Å²) in [4.78, 5) is 113. The first-order valence-corrected chi connectivity index (χ1v) is 40.7. The van der Waals surface area contributed by atoms with Crippen molar-refractivity contribution >= 4 is 90.5 Å². The topological polar surface area (TPSA) is 473 Å². The number of esters is 4. The number of unbranched alkanes of at least 4 members (excludes halogenated alkanes) is 24. The third kappa shape index (κ3) is 25.8. The minimum Gasteiger partial charge on any atom is -0.463 e. The molecule has 3 aliphatic heterocycles. The zero-order chi connectivity index (χ0) is 75.3. The van der Waals surface area contributed by atoms with E-state index in [-0.39, 0.29) is 89.7 Å². The second-order valence-corrected chi connectivity index (χ2v) is 30.2. The van der Waals surface area contributed by atoms with E-state index in [1.807, 2.05) is 0 Å². The first-order chi connectivity index (χ1) is 51.3. The van der Waals surface area contributed by atoms with Crippen molar-refractivity contribution in [1.82, 2.24) is 58.6 Å². The lowest BCUT2D eigenvalue weighted by molar-refractivity contribution is -0.167. The number of fused-ring (bicyclic) bond motifs is 3. The van der Waals surface area contributed by atoms with E-state index >= 15 is 0 Å². The average molecular weight is 1530 g/mol. The largest absolute Gasteiger partial charge is 0.472 e. The van der Waals surface area contributed by atoms with E-state index in [4.69, 9.17) is 68.5 Å². The second-order valence-electron chi connectivity index (χ2n) is 27.4. The fourth-order valence-electron chi connectivity index (χ4n) is 13.3. The van der Waals surface area contributed by atoms with Gasteiger partial charge in [0.1, 0.15) is 73.7 Å². The molecule has 9 rings (SSSR count). The number of aromatic nitrogens is 12. The highest BCUT2D eigenvalue weighted by Gasteiger charge is 2.47. The molecule has 0 bridgehead atoms. The highest BCUT2D eigenvalue weighted by Crippen LogP contribution is 2.53. The van der Waals surface area contributed by atoms with Gasteiger partial charge in [0, 0.05) is 32.1 Å². The number of anilines is 3. The Morgan fingerprint density at radius 1 is 0.443 bits per heavy atom. The third-order valence-corrected chi connectivity index (χ3v) is 20.9. The summed E-state index contributed by atoms with van der Waals surface area (Å²) in [6.07, 6.45) is 25.1. The normalized spacial score (nSPS) is 21.7. The SMILES string of the molecule is CCCCCCCCCCCCCCCC(=O)OCC(COC(=O)CCC(=O)OC[C@@H]1C[C@@H](OP(=O)(O)OC[C@@H]2C[C@@H](OP(=O)(O)OC[C@@H]3C[C@@H](O)[C@H](n4cnc5c(N)ncnc54)O3)[C@H](n3cnc4c(N)ncnc43)O2)[C@H](n2cnc3c(N)ncnc32)O1)OC(=O)CCCCCCCCCCCCCCC. The molecule has 37 heteroatoms. The van der Waals surface area contributed by atoms with Crippen LogP contribution in [0.2, 0.25) is 0 Å². The summed E-state index contributed by atoms with van der Waals surface area (Å²) in [5.74, 6) is -2.43. The first-order valence-electron chi connectivity index (χ1n) is 37.7. The molecule has 3 aliphatic rings. The molecule has 12 atom stereocenters. The Morgan fingerprint density at radius 2 is 0.774 bits per heavy atom. The molecule has 0 spiro atoms. The van der Waals surface area contributed by atoms with Crippen LogP contribution in [-0.2, 0) is 79.6 Å². The van der Waals surface area contributed by atoms with Gasteiger partial charge < -0.3 is 65.3 Å². The number of rotatable bonds is 51. The molecule has 9 heterocycles. The minimum atomic E-state index is -5.15. The maximum absolute atomic E-state index is 14.1. The number of ether oxygens (including phenoxy) is 7. The molecule has 106 heavy (non-hydrogen) atoms. The van der Waals surface area contributed by atoms with E-state index in [2.05, 4.69) is 58.7 Å². The molecular weight excluding hydrogens is 1420 g/mol. The molecule has 6 aromatic rings. The summed E-state index contributed by atoms with van der Waals surface area (Å²) < 4.78 is 95.6. The van der Waals surface area contributed by atoms with E-state index in [1.165, 1.54) is 161 Å². The van der Waals surface area contributed by atoms with Crippen LogP contribution in [0, 0.1) is 0 Å². The van der Waals surface area contributed by atoms with Gasteiger partial charge in [-0.1, -0.05) is 168 Å². The van der Waals surface area contributed by atoms with Gasteiger partial charge in [0.15, 0.2) is 59.2 Å². The maximum Gasteiger partial charge on any atom is 0.472 e. The molecule has 3 unspecified atom stereocenters. The first kappa shape index (κ1) is 83.0. The van der Waals surface area contributed by atoms with Crippen LogP contribution < -0.4 is 17.2 Å². The van der Waals surface area contributed by atoms with E-state index < -0.39 is 140 Å². The van der Waals surface area contributed by atoms with Gasteiger partial charge >= 0.3 is 39.5 Å². The molecule has 0 radical (unpaired) electrons. The van der Waals surface area contributed by atoms with Gasteiger partial charge in [-0.15, -0.1) is 0 Å². The Morgan fingerprint density at radius 3 is 1.18 bits per heavy atom. The Balaban J connectivity index is 0.747. The number of imidazole rings is 3. The number of phosphoric ester groups is 2. The molecule has 3 fully saturated rings. The lowest BCUT2D eigenvalue weighted by atomic mass is 10.0. The van der Waals surface area contributed by atoms with Crippen molar-refractivity contribution in [3.05, 3.63) is 38.0 Å². The number of aliphatic hydroxyl groups excluding tert-OH is 1. The number of hydrogen-bond donors (Lipinski definition) is 6. The zero-order valence-corrected chi connectivity index (χ0v) is 62.7. The van der Waals surface area contributed by atoms with Crippen LogP contribution in [0.25, 0.3) is 33.5 Å². The average Bonchev–Trinajstić information content (AvgIpc) is 1.64. The van der Waals surface area contributed by atoms with Crippen molar-refractivity contribution < 1.29 is 94.5 Å². The number of phosphoric acid groups is 2. The smallest absolute Gasteiger partial charge is 0.463 e. The number of aliphatic hydroxyl groups is 1. The van der Waals surface area contributed by atoms with Crippen molar-refractivity contribution in [3.63, 3.8) is 0 Å². The highest BCUT2D eigenvalue weighted by atomic mass is 31.2. The van der Waals surface area contributed by atoms with Gasteiger partial charge in [-0.05, 0) is 12.8 Å². The van der Waals surface area contributed by atoms with Crippen molar-refractivity contribution in [1.29, 1.82) is 0 Å². The molecule has 588 valence electrons. The summed E-state index contributed by atoms with van der Waals surface area (Å²) >= 11 is 0. The second kappa shape index (κ2) is 42.7. The standard InChI is InChI=1S/C69H107N15O20P2/c1-3-5-7-9-11-13-15-17-19-21-23-25-27-29-54(86)95-37-50(99-57(89)30-28-26-24-22-20-18-16-14-12-10-8-6-4-2)38-96-56(88)32-31-55(87)94-36-48-34-52(68(101-48)83-45-80-59-62(71)74-42-77-65(59)83)103-106(92,93)98-40-49-35-53(69(102-49)84-46-81-60-63(72)75-43-78-66(60)84)104-105(90,91)97-39-47-33-51(85)67(100-47)82-44-79-58-61(70)73-41-76-64(58)82/h41-53,67-69,85H,3-40H2,1-2H3,(H,90,91)(H,92,93)(H2,70,73,76)(H2,71,74,77)(H2,72,75,78)/t47-,48-,49-,50?,51+,52+,53+,67+,68+,69+/m0/s1. The third-order valence-electron chi connectivity index (χ3n) is 18.9. The van der Waals surface area contributed by atoms with Crippen LogP contribution >= 0.6 is 15.6 Å². The van der Waals surface area contributed by atoms with Gasteiger partial charge in [0.2, 0.25) is 0 Å². The molecule has 3 saturated heterocycles. The van der Waals surface area contributed by atoms with E-state index in [1.54, 1.807) is 0 Å². The van der Waals surface area contributed by atoms with Gasteiger partial charge in [0.25, 0.3) is 0 Å². The molecule has 6 aromatic heterocycles. The Kier molecular flexibility index (Phi) is 33.4. The van der Waals surface area contributed by atoms with Crippen molar-refractivity contribution in [2.75, 3.05) is 50.2 Å². The number of nitrogen functional groups attached to an aromatic ring is 3. The lowest BCUT2D eigenvalue weighted by Gasteiger charge is -2.23. The maximum atomic E-state index is 14.1. The van der Waals surface area contributed by atoms with Crippen LogP contribution in [0.15, 0.2) is 38.0 Å². The monoisotopic (exact) mass is 1530 g/mol. The van der Waals surface area contributed by atoms with Crippen molar-refractivity contribution in [3.8, 4) is 0 Å². The number of hydrogen-bond acceptors (Lipinski definition) is 30. The van der Waals surface area contributed by atoms with Gasteiger partial charge in [-0.2, -0.15) is 0 Å². The summed E-state index contributed by atoms with van der Waals surface area (Å²) in [5.41, 5.74) is 19.4. The van der Waals surface area contributed by atoms with Crippen LogP contribution in [0.3, 0.4) is 0 Å². The van der Waals surface area contributed by atoms with Crippen LogP contribution in [0.4, 0.5) is 17.5 Å². The highest BCUT2D eigenvalue weighted by molar-refractivity contribution is 7.47. The van der Waals surface area contributed by atoms with Gasteiger partial charge in [-0.25, -0.2) is 54.0 Å². The van der Waals surface area contributed by atoms with E-state index in [0.717, 1.165) is 44.9 Å². The Hall–Kier alpha value is -7.01. The summed E-state index contributed by atoms with van der Waals surface area (Å²) in [6.45, 7) is 2.10. The predicted molar refractivity (Wildman–Crippen MR) is 385 cm³/mol. The predicted octanol–water partition coefficient (Wildman–Crippen LogP) is 10.8. The van der Waals surface area contributed by atoms with E-state index in [9.17, 15) is 43.2 Å². The molecule has 0 aliphatic carbocycles. The van der Waals surface area contributed by atoms with Gasteiger partial charge in [-0.3, -0.25) is 51.0 Å². The lowest BCUT2D eigenvalue weighted by Crippen LogP contribution is -2.31. The molecule has 9 N–H and O–H groups in total. The van der Waals surface area contributed by atoms with Crippen LogP contribution in [-0.4, -0.2) is 173 Å². The number of carbonyl (C=O) groups excluding carboxylic acids is 4. The fraction of sp³-hybridized carbons (Fsp3) is 0.725. The molecular formula is C69H107N15O20P2. The van der Waals surface area contributed by atoms with Crippen LogP contribution in [0.5, 0.6) is 0 Å². The van der Waals surface area contributed by atoms with Gasteiger partial charge in [0.05, 0.1) is 63.3 Å². The summed E-state index contributed by atoms with van der Waals surface area (Å²) in [5, 5.41) is 11.0. The molecule has 0 amide bonds. The van der Waals surface area contributed by atoms with E-state index in [0.29, 0.717) is 12.8 Å². The Bertz CT molecular complexity index is 3810. The summed E-state index contributed by atoms with van der Waals surface area (Å²) in [7, 11) is -10.2. The van der Waals surface area contributed by atoms with Crippen molar-refractivity contribution in [2.45, 2.75) is 287 Å². The number of nitrogens with two attached hydrogens (primary N) is 3. The minimum absolute atomic E-state index is 0.0153. The zero-order valence-electron chi connectivity index (χ0n) is 60.9. The molecule has 35 nitrogen and oxygen atoms in total.